The van der Waals surface area contributed by atoms with Gasteiger partial charge in [0.1, 0.15) is 17.3 Å². The fourth-order valence-electron chi connectivity index (χ4n) is 2.65. The van der Waals surface area contributed by atoms with Gasteiger partial charge in [-0.2, -0.15) is 0 Å². The molecule has 27 heavy (non-hydrogen) atoms. The van der Waals surface area contributed by atoms with Crippen LogP contribution in [0.15, 0.2) is 54.9 Å². The number of anilines is 2. The van der Waals surface area contributed by atoms with Crippen molar-refractivity contribution in [1.82, 2.24) is 9.97 Å². The number of nitrogens with zero attached hydrogens (tertiary/aromatic N) is 2. The summed E-state index contributed by atoms with van der Waals surface area (Å²) in [5.74, 6) is 1.52. The largest absolute Gasteiger partial charge is 0.497 e. The van der Waals surface area contributed by atoms with Gasteiger partial charge in [-0.25, -0.2) is 4.98 Å². The predicted molar refractivity (Wildman–Crippen MR) is 103 cm³/mol. The molecule has 3 aromatic rings. The second kappa shape index (κ2) is 8.18. The number of carbonyl (C=O) groups is 1. The van der Waals surface area contributed by atoms with Gasteiger partial charge >= 0.3 is 0 Å². The Labute approximate surface area is 157 Å². The first-order valence-corrected chi connectivity index (χ1v) is 8.28. The number of hydrogen-bond donors (Lipinski definition) is 2. The van der Waals surface area contributed by atoms with Gasteiger partial charge in [-0.3, -0.25) is 9.78 Å². The van der Waals surface area contributed by atoms with Crippen molar-refractivity contribution in [1.29, 1.82) is 0 Å². The molecule has 0 fully saturated rings. The number of nitrogens with two attached hydrogens (primary N) is 1. The first-order valence-electron chi connectivity index (χ1n) is 8.28. The summed E-state index contributed by atoms with van der Waals surface area (Å²) in [6.07, 6.45) is 3.47. The minimum absolute atomic E-state index is 0.183. The Balaban J connectivity index is 1.87. The Morgan fingerprint density at radius 1 is 1.11 bits per heavy atom. The van der Waals surface area contributed by atoms with Gasteiger partial charge in [0.05, 0.1) is 44.4 Å². The lowest BCUT2D eigenvalue weighted by Gasteiger charge is -2.12. The van der Waals surface area contributed by atoms with Crippen molar-refractivity contribution in [3.63, 3.8) is 0 Å². The van der Waals surface area contributed by atoms with Gasteiger partial charge in [0, 0.05) is 11.6 Å². The third-order valence-electron chi connectivity index (χ3n) is 3.91. The molecule has 7 nitrogen and oxygen atoms in total. The summed E-state index contributed by atoms with van der Waals surface area (Å²) in [6.45, 7) is 0. The van der Waals surface area contributed by atoms with E-state index in [0.29, 0.717) is 23.0 Å². The Morgan fingerprint density at radius 3 is 2.70 bits per heavy atom. The molecule has 3 N–H and O–H groups in total. The van der Waals surface area contributed by atoms with Gasteiger partial charge in [-0.15, -0.1) is 0 Å². The maximum Gasteiger partial charge on any atom is 0.221 e. The number of hydrogen-bond acceptors (Lipinski definition) is 6. The summed E-state index contributed by atoms with van der Waals surface area (Å²) in [5, 5.41) is 3.20. The van der Waals surface area contributed by atoms with E-state index in [2.05, 4.69) is 15.3 Å². The van der Waals surface area contributed by atoms with E-state index in [4.69, 9.17) is 15.2 Å². The Kier molecular flexibility index (Phi) is 5.51. The van der Waals surface area contributed by atoms with Gasteiger partial charge in [-0.1, -0.05) is 18.2 Å². The van der Waals surface area contributed by atoms with E-state index in [0.717, 1.165) is 16.8 Å². The molecule has 1 amide bonds. The van der Waals surface area contributed by atoms with Gasteiger partial charge in [0.2, 0.25) is 5.91 Å². The molecule has 0 aliphatic carbocycles. The number of aromatic nitrogens is 2. The molecule has 0 bridgehead atoms. The van der Waals surface area contributed by atoms with Crippen molar-refractivity contribution >= 4 is 17.4 Å². The minimum atomic E-state index is -0.375. The maximum absolute atomic E-state index is 11.1. The first kappa shape index (κ1) is 18.2. The van der Waals surface area contributed by atoms with Crippen molar-refractivity contribution in [3.05, 3.63) is 60.4 Å². The highest BCUT2D eigenvalue weighted by Crippen LogP contribution is 2.31. The fraction of sp³-hybridized carbons (Fsp3) is 0.150. The van der Waals surface area contributed by atoms with Crippen molar-refractivity contribution in [3.8, 4) is 22.8 Å². The van der Waals surface area contributed by atoms with Crippen molar-refractivity contribution in [2.24, 2.45) is 5.73 Å². The Morgan fingerprint density at radius 2 is 1.96 bits per heavy atom. The zero-order valence-corrected chi connectivity index (χ0v) is 15.1. The molecule has 0 saturated carbocycles. The van der Waals surface area contributed by atoms with E-state index in [9.17, 15) is 4.79 Å². The van der Waals surface area contributed by atoms with Crippen LogP contribution >= 0.6 is 0 Å². The lowest BCUT2D eigenvalue weighted by molar-refractivity contribution is -0.117. The van der Waals surface area contributed by atoms with Crippen LogP contribution in [0, 0.1) is 0 Å². The van der Waals surface area contributed by atoms with E-state index < -0.39 is 0 Å². The summed E-state index contributed by atoms with van der Waals surface area (Å²) >= 11 is 0. The molecule has 2 aromatic carbocycles. The lowest BCUT2D eigenvalue weighted by atomic mass is 10.1. The van der Waals surface area contributed by atoms with E-state index >= 15 is 0 Å². The van der Waals surface area contributed by atoms with Gasteiger partial charge in [0.25, 0.3) is 0 Å². The smallest absolute Gasteiger partial charge is 0.221 e. The molecular weight excluding hydrogens is 344 g/mol. The number of rotatable bonds is 7. The number of benzene rings is 2. The number of primary amides is 1. The van der Waals surface area contributed by atoms with E-state index in [1.165, 1.54) is 0 Å². The number of nitrogens with one attached hydrogen (secondary N) is 1. The standard InChI is InChI=1S/C20H20N4O3/c1-26-15-6-7-16(18(10-15)27-2)23-20-12-22-11-17(24-20)14-5-3-4-13(8-14)9-19(21)25/h3-8,10-12H,9H2,1-2H3,(H2,21,25)(H,23,24). The van der Waals surface area contributed by atoms with Crippen LogP contribution in [0.2, 0.25) is 0 Å². The summed E-state index contributed by atoms with van der Waals surface area (Å²) in [6, 6.07) is 13.0. The zero-order valence-electron chi connectivity index (χ0n) is 15.1. The minimum Gasteiger partial charge on any atom is -0.497 e. The van der Waals surface area contributed by atoms with Crippen LogP contribution < -0.4 is 20.5 Å². The lowest BCUT2D eigenvalue weighted by Crippen LogP contribution is -2.13. The molecule has 0 aliphatic heterocycles. The van der Waals surface area contributed by atoms with Crippen LogP contribution in [0.3, 0.4) is 0 Å². The molecule has 0 atom stereocenters. The third kappa shape index (κ3) is 4.52. The van der Waals surface area contributed by atoms with Crippen LogP contribution in [0.1, 0.15) is 5.56 Å². The second-order valence-corrected chi connectivity index (χ2v) is 5.82. The zero-order chi connectivity index (χ0) is 19.2. The van der Waals surface area contributed by atoms with Crippen LogP contribution in [0.25, 0.3) is 11.3 Å². The van der Waals surface area contributed by atoms with E-state index in [1.807, 2.05) is 36.4 Å². The normalized spacial score (nSPS) is 10.3. The molecule has 0 spiro atoms. The van der Waals surface area contributed by atoms with Gasteiger partial charge in [0.15, 0.2) is 0 Å². The second-order valence-electron chi connectivity index (χ2n) is 5.82. The fourth-order valence-corrected chi connectivity index (χ4v) is 2.65. The van der Waals surface area contributed by atoms with Gasteiger partial charge in [-0.05, 0) is 23.8 Å². The highest BCUT2D eigenvalue weighted by Gasteiger charge is 2.08. The molecular formula is C20H20N4O3. The summed E-state index contributed by atoms with van der Waals surface area (Å²) in [4.78, 5) is 20.0. The quantitative estimate of drug-likeness (QED) is 0.669. The maximum atomic E-state index is 11.1. The van der Waals surface area contributed by atoms with Crippen molar-refractivity contribution in [2.45, 2.75) is 6.42 Å². The van der Waals surface area contributed by atoms with Crippen LogP contribution in [-0.4, -0.2) is 30.1 Å². The SMILES string of the molecule is COc1ccc(Nc2cncc(-c3cccc(CC(N)=O)c3)n2)c(OC)c1. The van der Waals surface area contributed by atoms with Crippen molar-refractivity contribution < 1.29 is 14.3 Å². The predicted octanol–water partition coefficient (Wildman–Crippen LogP) is 2.93. The Bertz CT molecular complexity index is 959. The number of carbonyl (C=O) groups excluding carboxylic acids is 1. The Hall–Kier alpha value is -3.61. The number of ether oxygens (including phenoxy) is 2. The van der Waals surface area contributed by atoms with Crippen molar-refractivity contribution in [2.75, 3.05) is 19.5 Å². The molecule has 7 heteroatoms. The average molecular weight is 364 g/mol. The molecule has 0 aliphatic rings. The van der Waals surface area contributed by atoms with E-state index in [1.54, 1.807) is 32.7 Å². The number of methoxy groups -OCH3 is 2. The van der Waals surface area contributed by atoms with Crippen LogP contribution in [-0.2, 0) is 11.2 Å². The molecule has 138 valence electrons. The molecule has 3 rings (SSSR count). The van der Waals surface area contributed by atoms with Crippen LogP contribution in [0.4, 0.5) is 11.5 Å². The first-order chi connectivity index (χ1) is 13.1. The molecule has 0 radical (unpaired) electrons. The molecule has 1 heterocycles. The van der Waals surface area contributed by atoms with Gasteiger partial charge < -0.3 is 20.5 Å². The average Bonchev–Trinajstić information content (AvgIpc) is 2.68. The summed E-state index contributed by atoms with van der Waals surface area (Å²) < 4.78 is 10.6. The summed E-state index contributed by atoms with van der Waals surface area (Å²) in [5.41, 5.74) is 8.38. The molecule has 0 unspecified atom stereocenters. The number of amides is 1. The topological polar surface area (TPSA) is 99.4 Å². The van der Waals surface area contributed by atoms with Crippen LogP contribution in [0.5, 0.6) is 11.5 Å². The third-order valence-corrected chi connectivity index (χ3v) is 3.91. The van der Waals surface area contributed by atoms with E-state index in [-0.39, 0.29) is 12.3 Å². The molecule has 0 saturated heterocycles. The molecule has 1 aromatic heterocycles. The highest BCUT2D eigenvalue weighted by atomic mass is 16.5. The highest BCUT2D eigenvalue weighted by molar-refractivity contribution is 5.77. The monoisotopic (exact) mass is 364 g/mol. The summed E-state index contributed by atoms with van der Waals surface area (Å²) in [7, 11) is 3.19.